The van der Waals surface area contributed by atoms with Gasteiger partial charge in [0, 0.05) is 6.42 Å². The zero-order valence-corrected chi connectivity index (χ0v) is 10.3. The molecule has 1 aromatic rings. The van der Waals surface area contributed by atoms with Crippen molar-refractivity contribution in [2.24, 2.45) is 0 Å². The van der Waals surface area contributed by atoms with Gasteiger partial charge in [0.1, 0.15) is 0 Å². The second-order valence-corrected chi connectivity index (χ2v) is 4.77. The van der Waals surface area contributed by atoms with E-state index < -0.39 is 23.8 Å². The standard InChI is InChI=1S/C14H15F3O/c1-4-10-7-5-6-8-11(10)13(2,3)9-12(18)14(15,16)17/h4-8H,1,9H2,2-3H3. The highest BCUT2D eigenvalue weighted by molar-refractivity contribution is 5.85. The van der Waals surface area contributed by atoms with Crippen LogP contribution in [0.15, 0.2) is 30.8 Å². The molecule has 0 fully saturated rings. The predicted molar refractivity (Wildman–Crippen MR) is 65.2 cm³/mol. The molecule has 0 saturated heterocycles. The lowest BCUT2D eigenvalue weighted by atomic mass is 9.78. The molecule has 0 aliphatic heterocycles. The van der Waals surface area contributed by atoms with E-state index in [0.29, 0.717) is 5.56 Å². The lowest BCUT2D eigenvalue weighted by Gasteiger charge is -2.26. The molecular formula is C14H15F3O. The molecule has 0 amide bonds. The molecule has 0 heterocycles. The molecule has 98 valence electrons. The molecule has 0 atom stereocenters. The van der Waals surface area contributed by atoms with Crippen molar-refractivity contribution in [1.82, 2.24) is 0 Å². The van der Waals surface area contributed by atoms with Crippen LogP contribution in [0.3, 0.4) is 0 Å². The molecular weight excluding hydrogens is 241 g/mol. The SMILES string of the molecule is C=Cc1ccccc1C(C)(C)CC(=O)C(F)(F)F. The van der Waals surface area contributed by atoms with E-state index >= 15 is 0 Å². The van der Waals surface area contributed by atoms with Gasteiger partial charge in [0.25, 0.3) is 0 Å². The van der Waals surface area contributed by atoms with E-state index in [1.165, 1.54) is 0 Å². The normalized spacial score (nSPS) is 12.3. The quantitative estimate of drug-likeness (QED) is 0.791. The second kappa shape index (κ2) is 4.96. The average Bonchev–Trinajstić information content (AvgIpc) is 2.27. The number of hydrogen-bond acceptors (Lipinski definition) is 1. The molecule has 0 saturated carbocycles. The van der Waals surface area contributed by atoms with Crippen LogP contribution >= 0.6 is 0 Å². The van der Waals surface area contributed by atoms with Crippen molar-refractivity contribution < 1.29 is 18.0 Å². The van der Waals surface area contributed by atoms with Gasteiger partial charge in [-0.1, -0.05) is 50.8 Å². The van der Waals surface area contributed by atoms with Crippen LogP contribution in [0.4, 0.5) is 13.2 Å². The van der Waals surface area contributed by atoms with Gasteiger partial charge in [-0.2, -0.15) is 13.2 Å². The predicted octanol–water partition coefficient (Wildman–Crippen LogP) is 4.13. The molecule has 0 spiro atoms. The van der Waals surface area contributed by atoms with E-state index in [0.717, 1.165) is 5.56 Å². The van der Waals surface area contributed by atoms with Crippen LogP contribution in [0.2, 0.25) is 0 Å². The Morgan fingerprint density at radius 2 is 1.83 bits per heavy atom. The summed E-state index contributed by atoms with van der Waals surface area (Å²) in [5.74, 6) is -1.70. The summed E-state index contributed by atoms with van der Waals surface area (Å²) in [5, 5.41) is 0. The Morgan fingerprint density at radius 3 is 2.33 bits per heavy atom. The number of carbonyl (C=O) groups is 1. The molecule has 0 radical (unpaired) electrons. The molecule has 0 aliphatic carbocycles. The van der Waals surface area contributed by atoms with Crippen LogP contribution in [-0.4, -0.2) is 12.0 Å². The Balaban J connectivity index is 3.06. The van der Waals surface area contributed by atoms with Crippen molar-refractivity contribution in [2.75, 3.05) is 0 Å². The second-order valence-electron chi connectivity index (χ2n) is 4.77. The summed E-state index contributed by atoms with van der Waals surface area (Å²) in [7, 11) is 0. The van der Waals surface area contributed by atoms with E-state index in [9.17, 15) is 18.0 Å². The van der Waals surface area contributed by atoms with E-state index in [-0.39, 0.29) is 0 Å². The van der Waals surface area contributed by atoms with Gasteiger partial charge in [-0.3, -0.25) is 4.79 Å². The van der Waals surface area contributed by atoms with Crippen molar-refractivity contribution in [3.8, 4) is 0 Å². The van der Waals surface area contributed by atoms with Crippen molar-refractivity contribution in [1.29, 1.82) is 0 Å². The fourth-order valence-corrected chi connectivity index (χ4v) is 1.89. The molecule has 1 nitrogen and oxygen atoms in total. The molecule has 0 bridgehead atoms. The van der Waals surface area contributed by atoms with Gasteiger partial charge in [-0.15, -0.1) is 0 Å². The maximum atomic E-state index is 12.3. The molecule has 0 aromatic heterocycles. The molecule has 1 aromatic carbocycles. The summed E-state index contributed by atoms with van der Waals surface area (Å²) in [4.78, 5) is 11.1. The van der Waals surface area contributed by atoms with Gasteiger partial charge in [0.05, 0.1) is 0 Å². The molecule has 0 aliphatic rings. The molecule has 1 rings (SSSR count). The number of Topliss-reactive ketones (excluding diaryl/α,β-unsaturated/α-hetero) is 1. The number of rotatable bonds is 4. The minimum absolute atomic E-state index is 0.568. The average molecular weight is 256 g/mol. The van der Waals surface area contributed by atoms with Gasteiger partial charge in [-0.25, -0.2) is 0 Å². The summed E-state index contributed by atoms with van der Waals surface area (Å²) in [6, 6.07) is 7.01. The number of ketones is 1. The zero-order valence-electron chi connectivity index (χ0n) is 10.3. The Bertz CT molecular complexity index is 458. The first kappa shape index (κ1) is 14.5. The van der Waals surface area contributed by atoms with Crippen LogP contribution in [0.1, 0.15) is 31.4 Å². The summed E-state index contributed by atoms with van der Waals surface area (Å²) >= 11 is 0. The van der Waals surface area contributed by atoms with E-state index in [1.54, 1.807) is 44.2 Å². The Kier molecular flexibility index (Phi) is 3.99. The highest BCUT2D eigenvalue weighted by atomic mass is 19.4. The van der Waals surface area contributed by atoms with Crippen molar-refractivity contribution in [3.63, 3.8) is 0 Å². The van der Waals surface area contributed by atoms with Gasteiger partial charge < -0.3 is 0 Å². The molecule has 0 N–H and O–H groups in total. The lowest BCUT2D eigenvalue weighted by Crippen LogP contribution is -2.31. The molecule has 18 heavy (non-hydrogen) atoms. The monoisotopic (exact) mass is 256 g/mol. The summed E-state index contributed by atoms with van der Waals surface area (Å²) in [6.45, 7) is 6.87. The minimum atomic E-state index is -4.78. The van der Waals surface area contributed by atoms with E-state index in [4.69, 9.17) is 0 Å². The fraction of sp³-hybridized carbons (Fsp3) is 0.357. The van der Waals surface area contributed by atoms with Gasteiger partial charge in [0.15, 0.2) is 0 Å². The van der Waals surface area contributed by atoms with Crippen molar-refractivity contribution in [3.05, 3.63) is 42.0 Å². The van der Waals surface area contributed by atoms with Gasteiger partial charge >= 0.3 is 6.18 Å². The van der Waals surface area contributed by atoms with E-state index in [2.05, 4.69) is 6.58 Å². The molecule has 4 heteroatoms. The van der Waals surface area contributed by atoms with Crippen LogP contribution in [-0.2, 0) is 10.2 Å². The number of carbonyl (C=O) groups excluding carboxylic acids is 1. The number of benzene rings is 1. The maximum Gasteiger partial charge on any atom is 0.450 e. The third-order valence-corrected chi connectivity index (χ3v) is 2.83. The van der Waals surface area contributed by atoms with Crippen LogP contribution in [0.5, 0.6) is 0 Å². The van der Waals surface area contributed by atoms with E-state index in [1.807, 2.05) is 0 Å². The number of halogens is 3. The minimum Gasteiger partial charge on any atom is -0.290 e. The third kappa shape index (κ3) is 3.22. The number of alkyl halides is 3. The maximum absolute atomic E-state index is 12.3. The Morgan fingerprint density at radius 1 is 1.28 bits per heavy atom. The first-order chi connectivity index (χ1) is 8.18. The van der Waals surface area contributed by atoms with Crippen LogP contribution in [0.25, 0.3) is 6.08 Å². The smallest absolute Gasteiger partial charge is 0.290 e. The zero-order chi connectivity index (χ0) is 14.0. The highest BCUT2D eigenvalue weighted by Crippen LogP contribution is 2.33. The lowest BCUT2D eigenvalue weighted by molar-refractivity contribution is -0.172. The summed E-state index contributed by atoms with van der Waals surface area (Å²) in [6.07, 6.45) is -3.77. The van der Waals surface area contributed by atoms with Crippen LogP contribution < -0.4 is 0 Å². The van der Waals surface area contributed by atoms with Gasteiger partial charge in [0.2, 0.25) is 5.78 Å². The first-order valence-electron chi connectivity index (χ1n) is 5.50. The van der Waals surface area contributed by atoms with Crippen LogP contribution in [0, 0.1) is 0 Å². The topological polar surface area (TPSA) is 17.1 Å². The fourth-order valence-electron chi connectivity index (χ4n) is 1.89. The highest BCUT2D eigenvalue weighted by Gasteiger charge is 2.41. The van der Waals surface area contributed by atoms with Gasteiger partial charge in [-0.05, 0) is 16.5 Å². The Hall–Kier alpha value is -1.58. The number of hydrogen-bond donors (Lipinski definition) is 0. The molecule has 0 unspecified atom stereocenters. The van der Waals surface area contributed by atoms with Crippen molar-refractivity contribution in [2.45, 2.75) is 31.9 Å². The first-order valence-corrected chi connectivity index (χ1v) is 5.50. The third-order valence-electron chi connectivity index (χ3n) is 2.83. The van der Waals surface area contributed by atoms with Crippen molar-refractivity contribution >= 4 is 11.9 Å². The largest absolute Gasteiger partial charge is 0.450 e. The Labute approximate surface area is 104 Å². The summed E-state index contributed by atoms with van der Waals surface area (Å²) < 4.78 is 36.9. The summed E-state index contributed by atoms with van der Waals surface area (Å²) in [5.41, 5.74) is 0.562.